The predicted molar refractivity (Wildman–Crippen MR) is 44.8 cm³/mol. The van der Waals surface area contributed by atoms with Crippen molar-refractivity contribution in [2.45, 2.75) is 25.7 Å². The van der Waals surface area contributed by atoms with E-state index in [0.29, 0.717) is 12.8 Å². The van der Waals surface area contributed by atoms with Crippen molar-refractivity contribution in [1.82, 2.24) is 0 Å². The molecule has 0 bridgehead atoms. The summed E-state index contributed by atoms with van der Waals surface area (Å²) in [6.07, 6.45) is 2.34. The molecule has 1 saturated carbocycles. The van der Waals surface area contributed by atoms with Gasteiger partial charge in [0.1, 0.15) is 0 Å². The summed E-state index contributed by atoms with van der Waals surface area (Å²) in [5, 5.41) is 20.9. The first-order chi connectivity index (χ1) is 5.63. The molecule has 2 atom stereocenters. The fourth-order valence-electron chi connectivity index (χ4n) is 1.70. The summed E-state index contributed by atoms with van der Waals surface area (Å²) in [5.74, 6) is -4.21. The van der Waals surface area contributed by atoms with E-state index < -0.39 is 23.8 Å². The van der Waals surface area contributed by atoms with Crippen molar-refractivity contribution in [2.24, 2.45) is 11.8 Å². The number of hydrogen-bond acceptors (Lipinski definition) is 4. The third kappa shape index (κ3) is 4.13. The van der Waals surface area contributed by atoms with Crippen LogP contribution in [0.1, 0.15) is 25.7 Å². The van der Waals surface area contributed by atoms with E-state index in [1.54, 1.807) is 0 Å². The van der Waals surface area contributed by atoms with E-state index in [2.05, 4.69) is 0 Å². The van der Waals surface area contributed by atoms with Crippen molar-refractivity contribution in [3.63, 3.8) is 0 Å². The Kier molecular flexibility index (Phi) is 8.83. The maximum Gasteiger partial charge on any atom is 2.00 e. The van der Waals surface area contributed by atoms with E-state index in [1.165, 1.54) is 0 Å². The molecule has 1 rings (SSSR count). The first-order valence-corrected chi connectivity index (χ1v) is 4.04. The van der Waals surface area contributed by atoms with Crippen LogP contribution in [0.3, 0.4) is 0 Å². The van der Waals surface area contributed by atoms with E-state index in [-0.39, 0.29) is 43.2 Å². The van der Waals surface area contributed by atoms with Crippen LogP contribution in [-0.2, 0) is 9.59 Å². The molecule has 0 radical (unpaired) electrons. The third-order valence-corrected chi connectivity index (χ3v) is 2.37. The average Bonchev–Trinajstić information content (AvgIpc) is 2.04. The Hall–Kier alpha value is 0.160. The van der Waals surface area contributed by atoms with Crippen molar-refractivity contribution in [2.75, 3.05) is 0 Å². The Bertz CT molecular complexity index is 184. The molecule has 14 heavy (non-hydrogen) atoms. The van der Waals surface area contributed by atoms with Crippen LogP contribution in [0.5, 0.6) is 0 Å². The molecule has 2 unspecified atom stereocenters. The van der Waals surface area contributed by atoms with Gasteiger partial charge in [-0.3, -0.25) is 0 Å². The van der Waals surface area contributed by atoms with Gasteiger partial charge in [-0.25, -0.2) is 0 Å². The quantitative estimate of drug-likeness (QED) is 0.471. The zero-order valence-corrected chi connectivity index (χ0v) is 10.0. The molecule has 0 aliphatic heterocycles. The zero-order valence-electron chi connectivity index (χ0n) is 7.82. The number of carboxylic acid groups (broad SMARTS) is 2. The molecule has 0 aromatic carbocycles. The number of hydrogen-bond donors (Lipinski definition) is 0. The molecular weight excluding hydrogens is 216 g/mol. The molecule has 0 heterocycles. The van der Waals surface area contributed by atoms with Crippen molar-refractivity contribution in [3.8, 4) is 0 Å². The molecule has 1 aliphatic carbocycles. The summed E-state index contributed by atoms with van der Waals surface area (Å²) < 4.78 is 0. The number of rotatable bonds is 2. The monoisotopic (exact) mass is 228 g/mol. The fraction of sp³-hybridized carbons (Fsp3) is 0.750. The third-order valence-electron chi connectivity index (χ3n) is 2.37. The second kappa shape index (κ2) is 7.45. The topological polar surface area (TPSA) is 112 Å². The Balaban J connectivity index is 0. The molecule has 0 spiro atoms. The summed E-state index contributed by atoms with van der Waals surface area (Å²) >= 11 is 0. The second-order valence-electron chi connectivity index (χ2n) is 3.14. The van der Waals surface area contributed by atoms with E-state index in [9.17, 15) is 19.8 Å². The summed E-state index contributed by atoms with van der Waals surface area (Å²) in [6.45, 7) is 0. The van der Waals surface area contributed by atoms with Crippen LogP contribution < -0.4 is 10.2 Å². The van der Waals surface area contributed by atoms with Crippen LogP contribution in [0.4, 0.5) is 0 Å². The van der Waals surface area contributed by atoms with Gasteiger partial charge in [-0.1, -0.05) is 12.8 Å². The Labute approximate surface area is 112 Å². The summed E-state index contributed by atoms with van der Waals surface area (Å²) in [6, 6.07) is 0. The molecule has 0 aromatic rings. The van der Waals surface area contributed by atoms with Crippen LogP contribution >= 0.6 is 0 Å². The minimum atomic E-state index is -1.26. The molecule has 2 N–H and O–H groups in total. The van der Waals surface area contributed by atoms with Crippen molar-refractivity contribution >= 4 is 49.7 Å². The van der Waals surface area contributed by atoms with Gasteiger partial charge >= 0.3 is 37.7 Å². The fourth-order valence-corrected chi connectivity index (χ4v) is 1.70. The van der Waals surface area contributed by atoms with Crippen LogP contribution in [0.25, 0.3) is 0 Å². The summed E-state index contributed by atoms with van der Waals surface area (Å²) in [7, 11) is 0. The van der Waals surface area contributed by atoms with Gasteiger partial charge in [-0.2, -0.15) is 0 Å². The summed E-state index contributed by atoms with van der Waals surface area (Å²) in [5.41, 5.74) is 0. The SMILES string of the molecule is O.O=C([O-])C1CCCCC1C(=O)[O-].[Ca+2]. The van der Waals surface area contributed by atoms with Crippen LogP contribution in [-0.4, -0.2) is 55.2 Å². The van der Waals surface area contributed by atoms with E-state index in [1.807, 2.05) is 0 Å². The number of aliphatic carboxylic acids is 2. The van der Waals surface area contributed by atoms with Gasteiger partial charge in [0.15, 0.2) is 0 Å². The largest absolute Gasteiger partial charge is 2.00 e. The van der Waals surface area contributed by atoms with Gasteiger partial charge in [-0.15, -0.1) is 0 Å². The maximum atomic E-state index is 10.5. The molecule has 6 heteroatoms. The predicted octanol–water partition coefficient (Wildman–Crippen LogP) is -2.91. The van der Waals surface area contributed by atoms with Gasteiger partial charge in [0.25, 0.3) is 0 Å². The zero-order chi connectivity index (χ0) is 9.14. The molecule has 0 aromatic heterocycles. The van der Waals surface area contributed by atoms with Gasteiger partial charge in [-0.05, 0) is 12.8 Å². The normalized spacial score (nSPS) is 25.4. The van der Waals surface area contributed by atoms with Crippen LogP contribution in [0.15, 0.2) is 0 Å². The average molecular weight is 228 g/mol. The molecule has 1 fully saturated rings. The van der Waals surface area contributed by atoms with Crippen LogP contribution in [0, 0.1) is 11.8 Å². The van der Waals surface area contributed by atoms with Crippen molar-refractivity contribution < 1.29 is 25.3 Å². The number of carbonyl (C=O) groups excluding carboxylic acids is 2. The Morgan fingerprint density at radius 1 is 0.929 bits per heavy atom. The molecular formula is C8H12CaO5. The van der Waals surface area contributed by atoms with Gasteiger partial charge in [0, 0.05) is 23.8 Å². The van der Waals surface area contributed by atoms with Crippen molar-refractivity contribution in [1.29, 1.82) is 0 Å². The second-order valence-corrected chi connectivity index (χ2v) is 3.14. The smallest absolute Gasteiger partial charge is 0.550 e. The van der Waals surface area contributed by atoms with Gasteiger partial charge < -0.3 is 25.3 Å². The Morgan fingerprint density at radius 3 is 1.43 bits per heavy atom. The molecule has 0 saturated heterocycles. The molecule has 0 amide bonds. The molecule has 76 valence electrons. The van der Waals surface area contributed by atoms with Gasteiger partial charge in [0.2, 0.25) is 0 Å². The standard InChI is InChI=1S/C8H12O4.Ca.H2O/c9-7(10)5-3-1-2-4-6(5)8(11)12;;/h5-6H,1-4H2,(H,9,10)(H,11,12);;1H2/q;+2;/p-2. The maximum absolute atomic E-state index is 10.5. The first kappa shape index (κ1) is 16.6. The minimum absolute atomic E-state index is 0. The summed E-state index contributed by atoms with van der Waals surface area (Å²) in [4.78, 5) is 20.9. The van der Waals surface area contributed by atoms with Crippen LogP contribution in [0.2, 0.25) is 0 Å². The molecule has 5 nitrogen and oxygen atoms in total. The number of carboxylic acids is 2. The van der Waals surface area contributed by atoms with Gasteiger partial charge in [0.05, 0.1) is 0 Å². The minimum Gasteiger partial charge on any atom is -0.550 e. The first-order valence-electron chi connectivity index (χ1n) is 4.04. The van der Waals surface area contributed by atoms with E-state index in [4.69, 9.17) is 0 Å². The Morgan fingerprint density at radius 2 is 1.21 bits per heavy atom. The molecule has 1 aliphatic rings. The van der Waals surface area contributed by atoms with E-state index >= 15 is 0 Å². The van der Waals surface area contributed by atoms with Crippen molar-refractivity contribution in [3.05, 3.63) is 0 Å². The van der Waals surface area contributed by atoms with E-state index in [0.717, 1.165) is 12.8 Å². The number of carbonyl (C=O) groups is 2.